The number of hydrogen-bond donors (Lipinski definition) is 0. The van der Waals surface area contributed by atoms with Crippen molar-refractivity contribution in [3.8, 4) is 5.69 Å². The molecule has 0 unspecified atom stereocenters. The van der Waals surface area contributed by atoms with Crippen LogP contribution in [0.5, 0.6) is 0 Å². The lowest BCUT2D eigenvalue weighted by Gasteiger charge is -2.10. The maximum atomic E-state index is 4.51. The second-order valence-electron chi connectivity index (χ2n) is 7.09. The van der Waals surface area contributed by atoms with Crippen molar-refractivity contribution in [1.82, 2.24) is 24.5 Å². The third-order valence-electron chi connectivity index (χ3n) is 4.94. The summed E-state index contributed by atoms with van der Waals surface area (Å²) < 4.78 is 4.17. The van der Waals surface area contributed by atoms with Crippen molar-refractivity contribution in [2.24, 2.45) is 0 Å². The van der Waals surface area contributed by atoms with Crippen LogP contribution in [0.3, 0.4) is 0 Å². The van der Waals surface area contributed by atoms with Crippen LogP contribution in [-0.4, -0.2) is 24.5 Å². The Labute approximate surface area is 168 Å². The molecule has 0 radical (unpaired) electrons. The van der Waals surface area contributed by atoms with Crippen LogP contribution in [0, 0.1) is 0 Å². The molecule has 0 spiro atoms. The molecule has 5 rings (SSSR count). The largest absolute Gasteiger partial charge is 0.301 e. The standard InChI is InChI=1S/C22H21N5S/c1-2-5-17(6-3-1)15-26-21(19-9-10-19)24-25-22(26)28-16-18-7-11-20(12-8-18)27-14-4-13-23-27/h1-8,11-14,19H,9-10,15-16H2. The number of hydrogen-bond acceptors (Lipinski definition) is 4. The van der Waals surface area contributed by atoms with E-state index in [9.17, 15) is 0 Å². The minimum Gasteiger partial charge on any atom is -0.301 e. The SMILES string of the molecule is c1ccc(Cn2c(SCc3ccc(-n4cccn4)cc3)nnc2C2CC2)cc1. The molecule has 0 bridgehead atoms. The fourth-order valence-corrected chi connectivity index (χ4v) is 4.18. The summed E-state index contributed by atoms with van der Waals surface area (Å²) in [6, 6.07) is 21.0. The molecule has 6 heteroatoms. The summed E-state index contributed by atoms with van der Waals surface area (Å²) in [5.74, 6) is 2.59. The highest BCUT2D eigenvalue weighted by Gasteiger charge is 2.30. The highest BCUT2D eigenvalue weighted by molar-refractivity contribution is 7.98. The van der Waals surface area contributed by atoms with Crippen LogP contribution in [0.25, 0.3) is 5.69 Å². The minimum absolute atomic E-state index is 0.582. The molecular weight excluding hydrogens is 366 g/mol. The molecule has 2 aromatic heterocycles. The lowest BCUT2D eigenvalue weighted by atomic mass is 10.2. The zero-order valence-electron chi connectivity index (χ0n) is 15.5. The highest BCUT2D eigenvalue weighted by atomic mass is 32.2. The first-order valence-electron chi connectivity index (χ1n) is 9.55. The van der Waals surface area contributed by atoms with Crippen molar-refractivity contribution in [2.45, 2.75) is 36.2 Å². The summed E-state index contributed by atoms with van der Waals surface area (Å²) in [6.07, 6.45) is 6.20. The van der Waals surface area contributed by atoms with E-state index in [0.29, 0.717) is 5.92 Å². The van der Waals surface area contributed by atoms with E-state index in [-0.39, 0.29) is 0 Å². The van der Waals surface area contributed by atoms with Crippen LogP contribution in [-0.2, 0) is 12.3 Å². The van der Waals surface area contributed by atoms with Gasteiger partial charge in [-0.3, -0.25) is 0 Å². The van der Waals surface area contributed by atoms with Gasteiger partial charge in [0.2, 0.25) is 0 Å². The molecule has 140 valence electrons. The summed E-state index contributed by atoms with van der Waals surface area (Å²) in [4.78, 5) is 0. The molecule has 1 aliphatic rings. The summed E-state index contributed by atoms with van der Waals surface area (Å²) in [5, 5.41) is 14.3. The molecule has 28 heavy (non-hydrogen) atoms. The van der Waals surface area contributed by atoms with Gasteiger partial charge in [0.1, 0.15) is 5.82 Å². The minimum atomic E-state index is 0.582. The fourth-order valence-electron chi connectivity index (χ4n) is 3.28. The van der Waals surface area contributed by atoms with Crippen LogP contribution in [0.1, 0.15) is 35.7 Å². The Kier molecular flexibility index (Phi) is 4.71. The molecular formula is C22H21N5S. The van der Waals surface area contributed by atoms with Crippen molar-refractivity contribution < 1.29 is 0 Å². The normalized spacial score (nSPS) is 13.7. The lowest BCUT2D eigenvalue weighted by molar-refractivity contribution is 0.667. The Balaban J connectivity index is 1.32. The highest BCUT2D eigenvalue weighted by Crippen LogP contribution is 2.40. The van der Waals surface area contributed by atoms with E-state index in [4.69, 9.17) is 0 Å². The Morgan fingerprint density at radius 3 is 2.43 bits per heavy atom. The third kappa shape index (κ3) is 3.73. The molecule has 0 amide bonds. The number of thioether (sulfide) groups is 1. The number of aromatic nitrogens is 5. The second kappa shape index (κ2) is 7.64. The first kappa shape index (κ1) is 17.3. The van der Waals surface area contributed by atoms with E-state index >= 15 is 0 Å². The molecule has 1 aliphatic carbocycles. The quantitative estimate of drug-likeness (QED) is 0.432. The van der Waals surface area contributed by atoms with Gasteiger partial charge in [-0.15, -0.1) is 10.2 Å². The third-order valence-corrected chi connectivity index (χ3v) is 5.98. The van der Waals surface area contributed by atoms with Gasteiger partial charge in [0, 0.05) is 24.1 Å². The van der Waals surface area contributed by atoms with Crippen LogP contribution >= 0.6 is 11.8 Å². The average Bonchev–Trinajstić information content (AvgIpc) is 3.28. The van der Waals surface area contributed by atoms with E-state index in [1.807, 2.05) is 16.9 Å². The second-order valence-corrected chi connectivity index (χ2v) is 8.04. The Bertz CT molecular complexity index is 1030. The van der Waals surface area contributed by atoms with Crippen LogP contribution < -0.4 is 0 Å². The van der Waals surface area contributed by atoms with Gasteiger partial charge in [0.15, 0.2) is 5.16 Å². The zero-order chi connectivity index (χ0) is 18.8. The zero-order valence-corrected chi connectivity index (χ0v) is 16.3. The van der Waals surface area contributed by atoms with E-state index in [1.54, 1.807) is 18.0 Å². The predicted molar refractivity (Wildman–Crippen MR) is 111 cm³/mol. The summed E-state index contributed by atoms with van der Waals surface area (Å²) >= 11 is 1.76. The number of benzene rings is 2. The van der Waals surface area contributed by atoms with Crippen molar-refractivity contribution >= 4 is 11.8 Å². The molecule has 2 heterocycles. The molecule has 0 atom stereocenters. The molecule has 2 aromatic carbocycles. The van der Waals surface area contributed by atoms with E-state index in [0.717, 1.165) is 29.0 Å². The Morgan fingerprint density at radius 1 is 0.893 bits per heavy atom. The van der Waals surface area contributed by atoms with Crippen molar-refractivity contribution in [3.63, 3.8) is 0 Å². The van der Waals surface area contributed by atoms with Crippen LogP contribution in [0.2, 0.25) is 0 Å². The van der Waals surface area contributed by atoms with Gasteiger partial charge >= 0.3 is 0 Å². The summed E-state index contributed by atoms with van der Waals surface area (Å²) in [7, 11) is 0. The molecule has 4 aromatic rings. The van der Waals surface area contributed by atoms with Crippen LogP contribution in [0.4, 0.5) is 0 Å². The molecule has 1 fully saturated rings. The topological polar surface area (TPSA) is 48.5 Å². The van der Waals surface area contributed by atoms with Gasteiger partial charge in [0.05, 0.1) is 12.2 Å². The van der Waals surface area contributed by atoms with Crippen molar-refractivity contribution in [3.05, 3.63) is 90.0 Å². The number of rotatable bonds is 7. The lowest BCUT2D eigenvalue weighted by Crippen LogP contribution is -2.06. The van der Waals surface area contributed by atoms with Gasteiger partial charge in [-0.1, -0.05) is 54.2 Å². The Morgan fingerprint density at radius 2 is 1.71 bits per heavy atom. The van der Waals surface area contributed by atoms with Gasteiger partial charge < -0.3 is 4.57 Å². The molecule has 0 aliphatic heterocycles. The van der Waals surface area contributed by atoms with Gasteiger partial charge in [-0.05, 0) is 42.2 Å². The van der Waals surface area contributed by atoms with Crippen molar-refractivity contribution in [2.75, 3.05) is 0 Å². The van der Waals surface area contributed by atoms with Gasteiger partial charge in [0.25, 0.3) is 0 Å². The Hall–Kier alpha value is -2.86. The molecule has 0 saturated heterocycles. The maximum absolute atomic E-state index is 4.51. The monoisotopic (exact) mass is 387 g/mol. The van der Waals surface area contributed by atoms with E-state index in [1.165, 1.54) is 24.0 Å². The fraction of sp³-hybridized carbons (Fsp3) is 0.227. The predicted octanol–water partition coefficient (Wildman–Crippen LogP) is 4.68. The van der Waals surface area contributed by atoms with E-state index < -0.39 is 0 Å². The van der Waals surface area contributed by atoms with Crippen molar-refractivity contribution in [1.29, 1.82) is 0 Å². The van der Waals surface area contributed by atoms with Gasteiger partial charge in [-0.25, -0.2) is 4.68 Å². The summed E-state index contributed by atoms with van der Waals surface area (Å²) in [5.41, 5.74) is 3.62. The maximum Gasteiger partial charge on any atom is 0.191 e. The molecule has 0 N–H and O–H groups in total. The van der Waals surface area contributed by atoms with E-state index in [2.05, 4.69) is 74.5 Å². The van der Waals surface area contributed by atoms with Gasteiger partial charge in [-0.2, -0.15) is 5.10 Å². The molecule has 5 nitrogen and oxygen atoms in total. The summed E-state index contributed by atoms with van der Waals surface area (Å²) in [6.45, 7) is 0.834. The van der Waals surface area contributed by atoms with Crippen LogP contribution in [0.15, 0.2) is 78.2 Å². The smallest absolute Gasteiger partial charge is 0.191 e. The average molecular weight is 388 g/mol. The first-order valence-corrected chi connectivity index (χ1v) is 10.5. The first-order chi connectivity index (χ1) is 13.9. The molecule has 1 saturated carbocycles. The number of nitrogens with zero attached hydrogens (tertiary/aromatic N) is 5.